The molecule has 17 heavy (non-hydrogen) atoms. The van der Waals surface area contributed by atoms with Gasteiger partial charge in [-0.1, -0.05) is 28.9 Å². The van der Waals surface area contributed by atoms with Crippen molar-refractivity contribution >= 4 is 10.9 Å². The molecular weight excluding hydrogens is 214 g/mol. The maximum atomic E-state index is 9.51. The van der Waals surface area contributed by atoms with E-state index < -0.39 is 0 Å². The van der Waals surface area contributed by atoms with Gasteiger partial charge < -0.3 is 9.63 Å². The third-order valence-electron chi connectivity index (χ3n) is 2.74. The van der Waals surface area contributed by atoms with Crippen LogP contribution in [0.1, 0.15) is 5.56 Å². The summed E-state index contributed by atoms with van der Waals surface area (Å²) in [6.07, 6.45) is 0. The van der Waals surface area contributed by atoms with Crippen LogP contribution in [0.15, 0.2) is 47.0 Å². The zero-order valence-electron chi connectivity index (χ0n) is 9.34. The molecule has 0 fully saturated rings. The van der Waals surface area contributed by atoms with Crippen molar-refractivity contribution in [3.05, 3.63) is 48.0 Å². The van der Waals surface area contributed by atoms with Crippen molar-refractivity contribution in [1.82, 2.24) is 5.16 Å². The topological polar surface area (TPSA) is 46.3 Å². The molecule has 3 nitrogen and oxygen atoms in total. The van der Waals surface area contributed by atoms with Gasteiger partial charge in [0.25, 0.3) is 0 Å². The van der Waals surface area contributed by atoms with Gasteiger partial charge in [0.1, 0.15) is 11.3 Å². The Morgan fingerprint density at radius 1 is 1.12 bits per heavy atom. The molecule has 1 heterocycles. The molecule has 3 aromatic rings. The third kappa shape index (κ3) is 1.65. The first-order valence-electron chi connectivity index (χ1n) is 5.39. The number of nitrogens with zero attached hydrogens (tertiary/aromatic N) is 1. The number of benzene rings is 2. The molecular formula is C14H11NO2. The SMILES string of the molecule is Cc1cccc(-c2onc3ccc(O)cc23)c1. The average molecular weight is 225 g/mol. The standard InChI is InChI=1S/C14H11NO2/c1-9-3-2-4-10(7-9)14-12-8-11(16)5-6-13(12)15-17-14/h2-8,16H,1H3. The van der Waals surface area contributed by atoms with Crippen LogP contribution in [-0.2, 0) is 0 Å². The molecule has 0 spiro atoms. The lowest BCUT2D eigenvalue weighted by atomic mass is 10.1. The highest BCUT2D eigenvalue weighted by Gasteiger charge is 2.11. The van der Waals surface area contributed by atoms with Crippen molar-refractivity contribution in [2.45, 2.75) is 6.92 Å². The van der Waals surface area contributed by atoms with E-state index in [4.69, 9.17) is 4.52 Å². The number of phenolic OH excluding ortho intramolecular Hbond substituents is 1. The minimum atomic E-state index is 0.217. The van der Waals surface area contributed by atoms with Crippen LogP contribution in [0.3, 0.4) is 0 Å². The van der Waals surface area contributed by atoms with Gasteiger partial charge in [0.05, 0.1) is 5.39 Å². The number of aromatic nitrogens is 1. The van der Waals surface area contributed by atoms with E-state index in [0.717, 1.165) is 22.0 Å². The zero-order valence-corrected chi connectivity index (χ0v) is 9.34. The van der Waals surface area contributed by atoms with E-state index in [1.807, 2.05) is 31.2 Å². The first-order valence-corrected chi connectivity index (χ1v) is 5.39. The van der Waals surface area contributed by atoms with E-state index >= 15 is 0 Å². The summed E-state index contributed by atoms with van der Waals surface area (Å²) in [6, 6.07) is 13.0. The molecule has 3 heteroatoms. The van der Waals surface area contributed by atoms with Crippen LogP contribution >= 0.6 is 0 Å². The summed E-state index contributed by atoms with van der Waals surface area (Å²) in [5.41, 5.74) is 2.88. The predicted molar refractivity (Wildman–Crippen MR) is 65.8 cm³/mol. The fourth-order valence-electron chi connectivity index (χ4n) is 1.92. The monoisotopic (exact) mass is 225 g/mol. The van der Waals surface area contributed by atoms with Crippen LogP contribution < -0.4 is 0 Å². The molecule has 0 saturated carbocycles. The van der Waals surface area contributed by atoms with Crippen LogP contribution in [0, 0.1) is 6.92 Å². The highest BCUT2D eigenvalue weighted by Crippen LogP contribution is 2.31. The molecule has 0 aliphatic rings. The highest BCUT2D eigenvalue weighted by molar-refractivity contribution is 5.92. The lowest BCUT2D eigenvalue weighted by molar-refractivity contribution is 0.441. The van der Waals surface area contributed by atoms with Gasteiger partial charge >= 0.3 is 0 Å². The van der Waals surface area contributed by atoms with E-state index in [1.54, 1.807) is 18.2 Å². The van der Waals surface area contributed by atoms with E-state index in [2.05, 4.69) is 5.16 Å². The number of rotatable bonds is 1. The summed E-state index contributed by atoms with van der Waals surface area (Å²) in [5.74, 6) is 0.911. The molecule has 0 amide bonds. The minimum Gasteiger partial charge on any atom is -0.508 e. The molecule has 0 bridgehead atoms. The Kier molecular flexibility index (Phi) is 2.11. The molecule has 1 N–H and O–H groups in total. The van der Waals surface area contributed by atoms with Crippen LogP contribution in [-0.4, -0.2) is 10.3 Å². The summed E-state index contributed by atoms with van der Waals surface area (Å²) in [4.78, 5) is 0. The summed E-state index contributed by atoms with van der Waals surface area (Å²) in [7, 11) is 0. The first-order chi connectivity index (χ1) is 8.24. The van der Waals surface area contributed by atoms with Gasteiger partial charge in [0.15, 0.2) is 5.76 Å². The number of hydrogen-bond acceptors (Lipinski definition) is 3. The van der Waals surface area contributed by atoms with Gasteiger partial charge in [0.2, 0.25) is 0 Å². The Labute approximate surface area is 98.3 Å². The Morgan fingerprint density at radius 2 is 2.00 bits per heavy atom. The second kappa shape index (κ2) is 3.63. The van der Waals surface area contributed by atoms with Crippen LogP contribution in [0.5, 0.6) is 5.75 Å². The van der Waals surface area contributed by atoms with E-state index in [-0.39, 0.29) is 5.75 Å². The number of fused-ring (bicyclic) bond motifs is 1. The smallest absolute Gasteiger partial charge is 0.174 e. The molecule has 2 aromatic carbocycles. The maximum absolute atomic E-state index is 9.51. The third-order valence-corrected chi connectivity index (χ3v) is 2.74. The molecule has 1 aromatic heterocycles. The summed E-state index contributed by atoms with van der Waals surface area (Å²) < 4.78 is 5.35. The Balaban J connectivity index is 2.27. The molecule has 0 aliphatic heterocycles. The van der Waals surface area contributed by atoms with Crippen LogP contribution in [0.2, 0.25) is 0 Å². The van der Waals surface area contributed by atoms with Gasteiger partial charge in [0, 0.05) is 5.56 Å². The maximum Gasteiger partial charge on any atom is 0.174 e. The number of hydrogen-bond donors (Lipinski definition) is 1. The highest BCUT2D eigenvalue weighted by atomic mass is 16.5. The van der Waals surface area contributed by atoms with Gasteiger partial charge in [-0.3, -0.25) is 0 Å². The second-order valence-corrected chi connectivity index (χ2v) is 4.08. The van der Waals surface area contributed by atoms with Gasteiger partial charge in [-0.25, -0.2) is 0 Å². The van der Waals surface area contributed by atoms with Gasteiger partial charge in [-0.05, 0) is 31.2 Å². The van der Waals surface area contributed by atoms with Crippen molar-refractivity contribution in [3.63, 3.8) is 0 Å². The van der Waals surface area contributed by atoms with E-state index in [1.165, 1.54) is 0 Å². The minimum absolute atomic E-state index is 0.217. The molecule has 0 saturated heterocycles. The normalized spacial score (nSPS) is 10.9. The van der Waals surface area contributed by atoms with Gasteiger partial charge in [-0.2, -0.15) is 0 Å². The van der Waals surface area contributed by atoms with Crippen LogP contribution in [0.25, 0.3) is 22.2 Å². The van der Waals surface area contributed by atoms with E-state index in [0.29, 0.717) is 5.76 Å². The summed E-state index contributed by atoms with van der Waals surface area (Å²) in [6.45, 7) is 2.03. The molecule has 0 unspecified atom stereocenters. The molecule has 3 rings (SSSR count). The van der Waals surface area contributed by atoms with Crippen molar-refractivity contribution in [3.8, 4) is 17.1 Å². The fourth-order valence-corrected chi connectivity index (χ4v) is 1.92. The number of aromatic hydroxyl groups is 1. The first kappa shape index (κ1) is 9.90. The zero-order chi connectivity index (χ0) is 11.8. The number of phenols is 1. The fraction of sp³-hybridized carbons (Fsp3) is 0.0714. The predicted octanol–water partition coefficient (Wildman–Crippen LogP) is 3.51. The van der Waals surface area contributed by atoms with E-state index in [9.17, 15) is 5.11 Å². The molecule has 0 atom stereocenters. The summed E-state index contributed by atoms with van der Waals surface area (Å²) in [5, 5.41) is 14.3. The van der Waals surface area contributed by atoms with Crippen molar-refractivity contribution < 1.29 is 9.63 Å². The molecule has 84 valence electrons. The van der Waals surface area contributed by atoms with Crippen molar-refractivity contribution in [2.24, 2.45) is 0 Å². The average Bonchev–Trinajstić information content (AvgIpc) is 2.71. The Bertz CT molecular complexity index is 686. The number of aryl methyl sites for hydroxylation is 1. The summed E-state index contributed by atoms with van der Waals surface area (Å²) >= 11 is 0. The lowest BCUT2D eigenvalue weighted by Crippen LogP contribution is -1.77. The van der Waals surface area contributed by atoms with Gasteiger partial charge in [-0.15, -0.1) is 0 Å². The quantitative estimate of drug-likeness (QED) is 0.689. The molecule has 0 radical (unpaired) electrons. The largest absolute Gasteiger partial charge is 0.508 e. The van der Waals surface area contributed by atoms with Crippen LogP contribution in [0.4, 0.5) is 0 Å². The Hall–Kier alpha value is -2.29. The molecule has 0 aliphatic carbocycles. The lowest BCUT2D eigenvalue weighted by Gasteiger charge is -1.98. The second-order valence-electron chi connectivity index (χ2n) is 4.08. The van der Waals surface area contributed by atoms with Crippen molar-refractivity contribution in [1.29, 1.82) is 0 Å². The Morgan fingerprint density at radius 3 is 2.82 bits per heavy atom. The van der Waals surface area contributed by atoms with Crippen molar-refractivity contribution in [2.75, 3.05) is 0 Å².